The zero-order chi connectivity index (χ0) is 9.97. The van der Waals surface area contributed by atoms with E-state index in [1.165, 1.54) is 0 Å². The van der Waals surface area contributed by atoms with Gasteiger partial charge in [0.2, 0.25) is 0 Å². The summed E-state index contributed by atoms with van der Waals surface area (Å²) in [4.78, 5) is 0. The Morgan fingerprint density at radius 1 is 1.43 bits per heavy atom. The molecule has 1 heteroatoms. The molecule has 0 N–H and O–H groups in total. The second-order valence-electron chi connectivity index (χ2n) is 3.39. The molecular weight excluding hydrogens is 175 g/mol. The van der Waals surface area contributed by atoms with E-state index in [4.69, 9.17) is 0 Å². The van der Waals surface area contributed by atoms with E-state index >= 15 is 0 Å². The van der Waals surface area contributed by atoms with Crippen LogP contribution in [0.15, 0.2) is 42.5 Å². The minimum Gasteiger partial charge on any atom is -0.242 e. The van der Waals surface area contributed by atoms with Gasteiger partial charge >= 0.3 is 0 Å². The van der Waals surface area contributed by atoms with Gasteiger partial charge < -0.3 is 0 Å². The zero-order valence-corrected chi connectivity index (χ0v) is 8.07. The summed E-state index contributed by atoms with van der Waals surface area (Å²) in [6.07, 6.45) is 7.31. The molecule has 1 aliphatic carbocycles. The summed E-state index contributed by atoms with van der Waals surface area (Å²) in [6.45, 7) is 1.83. The number of fused-ring (bicyclic) bond motifs is 1. The van der Waals surface area contributed by atoms with Crippen molar-refractivity contribution in [3.63, 3.8) is 0 Å². The van der Waals surface area contributed by atoms with Gasteiger partial charge in [0, 0.05) is 5.92 Å². The molecule has 2 unspecified atom stereocenters. The van der Waals surface area contributed by atoms with Gasteiger partial charge in [-0.3, -0.25) is 0 Å². The monoisotopic (exact) mass is 187 g/mol. The topological polar surface area (TPSA) is 0 Å². The van der Waals surface area contributed by atoms with Crippen LogP contribution in [0.1, 0.15) is 24.0 Å². The van der Waals surface area contributed by atoms with Crippen LogP contribution in [0.4, 0.5) is 4.39 Å². The fraction of sp³-hybridized carbons (Fsp3) is 0.231. The van der Waals surface area contributed by atoms with Gasteiger partial charge in [-0.25, -0.2) is 4.39 Å². The normalized spacial score (nSPS) is 21.4. The van der Waals surface area contributed by atoms with E-state index in [1.54, 1.807) is 12.2 Å². The van der Waals surface area contributed by atoms with E-state index in [0.717, 1.165) is 11.1 Å². The molecule has 1 aromatic carbocycles. The van der Waals surface area contributed by atoms with Crippen molar-refractivity contribution in [2.24, 2.45) is 0 Å². The smallest absolute Gasteiger partial charge is 0.129 e. The molecule has 1 radical (unpaired) electrons. The van der Waals surface area contributed by atoms with Crippen molar-refractivity contribution in [3.05, 3.63) is 59.7 Å². The van der Waals surface area contributed by atoms with Gasteiger partial charge in [0.1, 0.15) is 6.17 Å². The van der Waals surface area contributed by atoms with Gasteiger partial charge in [0.25, 0.3) is 0 Å². The van der Waals surface area contributed by atoms with E-state index < -0.39 is 6.17 Å². The predicted molar refractivity (Wildman–Crippen MR) is 55.8 cm³/mol. The van der Waals surface area contributed by atoms with Crippen LogP contribution in [-0.4, -0.2) is 6.17 Å². The highest BCUT2D eigenvalue weighted by Gasteiger charge is 2.23. The lowest BCUT2D eigenvalue weighted by Crippen LogP contribution is -2.07. The number of hydrogen-bond acceptors (Lipinski definition) is 0. The molecule has 0 bridgehead atoms. The van der Waals surface area contributed by atoms with Crippen molar-refractivity contribution in [2.75, 3.05) is 0 Å². The van der Waals surface area contributed by atoms with Crippen molar-refractivity contribution in [3.8, 4) is 0 Å². The maximum Gasteiger partial charge on any atom is 0.129 e. The quantitative estimate of drug-likeness (QED) is 0.622. The summed E-state index contributed by atoms with van der Waals surface area (Å²) in [5, 5.41) is 0. The number of rotatable bonds is 2. The molecule has 71 valence electrons. The zero-order valence-electron chi connectivity index (χ0n) is 8.07. The summed E-state index contributed by atoms with van der Waals surface area (Å²) in [7, 11) is 0. The molecule has 1 aliphatic rings. The largest absolute Gasteiger partial charge is 0.242 e. The first-order chi connectivity index (χ1) is 6.83. The second-order valence-corrected chi connectivity index (χ2v) is 3.39. The number of allylic oxidation sites excluding steroid dienone is 3. The van der Waals surface area contributed by atoms with Gasteiger partial charge in [-0.1, -0.05) is 42.5 Å². The lowest BCUT2D eigenvalue weighted by molar-refractivity contribution is 0.373. The summed E-state index contributed by atoms with van der Waals surface area (Å²) >= 11 is 0. The molecule has 0 aliphatic heterocycles. The molecule has 0 saturated heterocycles. The Morgan fingerprint density at radius 2 is 2.21 bits per heavy atom. The molecule has 2 rings (SSSR count). The van der Waals surface area contributed by atoms with Gasteiger partial charge in [0.05, 0.1) is 0 Å². The van der Waals surface area contributed by atoms with Crippen LogP contribution < -0.4 is 0 Å². The van der Waals surface area contributed by atoms with Gasteiger partial charge in [0.15, 0.2) is 0 Å². The van der Waals surface area contributed by atoms with Crippen LogP contribution in [0.3, 0.4) is 0 Å². The Labute approximate surface area is 83.8 Å². The molecule has 0 fully saturated rings. The Bertz CT molecular complexity index is 377. The molecule has 2 atom stereocenters. The molecule has 0 heterocycles. The third-order valence-corrected chi connectivity index (χ3v) is 2.46. The first-order valence-electron chi connectivity index (χ1n) is 4.78. The van der Waals surface area contributed by atoms with E-state index in [0.29, 0.717) is 0 Å². The van der Waals surface area contributed by atoms with Gasteiger partial charge in [-0.15, -0.1) is 0 Å². The highest BCUT2D eigenvalue weighted by Crippen LogP contribution is 2.32. The molecule has 0 saturated carbocycles. The molecule has 0 nitrogen and oxygen atoms in total. The van der Waals surface area contributed by atoms with Crippen molar-refractivity contribution in [1.29, 1.82) is 0 Å². The summed E-state index contributed by atoms with van der Waals surface area (Å²) in [5.41, 5.74) is 2.06. The Kier molecular flexibility index (Phi) is 2.49. The number of hydrogen-bond donors (Lipinski definition) is 0. The maximum absolute atomic E-state index is 13.6. The minimum absolute atomic E-state index is 0.151. The van der Waals surface area contributed by atoms with Crippen molar-refractivity contribution in [2.45, 2.75) is 19.0 Å². The van der Waals surface area contributed by atoms with Crippen LogP contribution in [0.2, 0.25) is 0 Å². The molecule has 0 aromatic heterocycles. The minimum atomic E-state index is -0.934. The summed E-state index contributed by atoms with van der Waals surface area (Å²) in [5.74, 6) is -0.151. The molecule has 0 spiro atoms. The third kappa shape index (κ3) is 1.50. The highest BCUT2D eigenvalue weighted by atomic mass is 19.1. The van der Waals surface area contributed by atoms with Crippen LogP contribution in [0.5, 0.6) is 0 Å². The predicted octanol–water partition coefficient (Wildman–Crippen LogP) is 3.41. The molecular formula is C13H12F. The molecule has 0 amide bonds. The van der Waals surface area contributed by atoms with E-state index in [9.17, 15) is 4.39 Å². The van der Waals surface area contributed by atoms with E-state index in [-0.39, 0.29) is 5.92 Å². The number of halogens is 1. The van der Waals surface area contributed by atoms with Crippen LogP contribution in [0, 0.1) is 6.08 Å². The van der Waals surface area contributed by atoms with E-state index in [2.05, 4.69) is 6.08 Å². The van der Waals surface area contributed by atoms with Crippen LogP contribution in [-0.2, 0) is 0 Å². The average Bonchev–Trinajstić information content (AvgIpc) is 2.61. The van der Waals surface area contributed by atoms with E-state index in [1.807, 2.05) is 37.3 Å². The highest BCUT2D eigenvalue weighted by molar-refractivity contribution is 5.44. The average molecular weight is 187 g/mol. The standard InChI is InChI=1S/C13H12F/c1-2-5-13(14)12-9-8-10-6-3-4-7-11(10)12/h2-7,9,12-13H,1H3. The molecule has 1 aromatic rings. The van der Waals surface area contributed by atoms with Crippen LogP contribution >= 0.6 is 0 Å². The Balaban J connectivity index is 2.30. The summed E-state index contributed by atoms with van der Waals surface area (Å²) in [6, 6.07) is 7.82. The third-order valence-electron chi connectivity index (χ3n) is 2.46. The Hall–Kier alpha value is -1.37. The van der Waals surface area contributed by atoms with Gasteiger partial charge in [-0.05, 0) is 24.1 Å². The number of benzene rings is 1. The van der Waals surface area contributed by atoms with Gasteiger partial charge in [-0.2, -0.15) is 0 Å². The van der Waals surface area contributed by atoms with Crippen molar-refractivity contribution in [1.82, 2.24) is 0 Å². The first-order valence-corrected chi connectivity index (χ1v) is 4.78. The second kappa shape index (κ2) is 3.79. The van der Waals surface area contributed by atoms with Crippen molar-refractivity contribution < 1.29 is 4.39 Å². The fourth-order valence-corrected chi connectivity index (χ4v) is 1.76. The molecule has 14 heavy (non-hydrogen) atoms. The SMILES string of the molecule is CC=CC(F)C1C=[C]c2ccccc21. The Morgan fingerprint density at radius 3 is 3.00 bits per heavy atom. The van der Waals surface area contributed by atoms with Crippen molar-refractivity contribution >= 4 is 0 Å². The first kappa shape index (κ1) is 9.20. The summed E-state index contributed by atoms with van der Waals surface area (Å²) < 4.78 is 13.6. The lowest BCUT2D eigenvalue weighted by atomic mass is 9.96. The lowest BCUT2D eigenvalue weighted by Gasteiger charge is -2.12. The maximum atomic E-state index is 13.6. The van der Waals surface area contributed by atoms with Crippen LogP contribution in [0.25, 0.3) is 0 Å². The fourth-order valence-electron chi connectivity index (χ4n) is 1.76. The number of alkyl halides is 1.